The van der Waals surface area contributed by atoms with Crippen LogP contribution in [0.5, 0.6) is 5.75 Å². The highest BCUT2D eigenvalue weighted by atomic mass is 32.2. The SMILES string of the molecule is CC(C)(C)Cc1cc(SC(C)(C)Sc2cc(C(C)(C)C)c(OCC(=O)O)c(C(C)(C)C)c2)cc(C(C)(C)C)c1. The average Bonchev–Trinajstić information content (AvgIpc) is 2.67. The minimum atomic E-state index is -0.964. The summed E-state index contributed by atoms with van der Waals surface area (Å²) in [5.41, 5.74) is 4.74. The lowest BCUT2D eigenvalue weighted by atomic mass is 9.79. The Hall–Kier alpha value is -1.59. The number of ether oxygens (including phenoxy) is 1. The molecular weight excluding hydrogens is 521 g/mol. The lowest BCUT2D eigenvalue weighted by Gasteiger charge is -2.32. The summed E-state index contributed by atoms with van der Waals surface area (Å²) in [5, 5.41) is 9.33. The molecule has 2 rings (SSSR count). The third-order valence-corrected chi connectivity index (χ3v) is 8.74. The monoisotopic (exact) mass is 572 g/mol. The summed E-state index contributed by atoms with van der Waals surface area (Å²) in [6.45, 7) is 30.9. The predicted molar refractivity (Wildman–Crippen MR) is 171 cm³/mol. The fraction of sp³-hybridized carbons (Fsp3) is 0.618. The highest BCUT2D eigenvalue weighted by molar-refractivity contribution is 8.18. The Balaban J connectivity index is 2.56. The Bertz CT molecular complexity index is 1130. The van der Waals surface area contributed by atoms with Gasteiger partial charge in [0.1, 0.15) is 5.75 Å². The Morgan fingerprint density at radius 2 is 1.15 bits per heavy atom. The second-order valence-electron chi connectivity index (χ2n) is 15.5. The van der Waals surface area contributed by atoms with Crippen LogP contribution in [0.4, 0.5) is 0 Å². The van der Waals surface area contributed by atoms with E-state index in [4.69, 9.17) is 4.74 Å². The van der Waals surface area contributed by atoms with Crippen molar-refractivity contribution in [2.45, 2.75) is 133 Å². The maximum Gasteiger partial charge on any atom is 0.341 e. The van der Waals surface area contributed by atoms with Gasteiger partial charge in [-0.25, -0.2) is 4.79 Å². The molecule has 0 saturated carbocycles. The largest absolute Gasteiger partial charge is 0.481 e. The highest BCUT2D eigenvalue weighted by Crippen LogP contribution is 2.49. The number of carboxylic acids is 1. The van der Waals surface area contributed by atoms with Gasteiger partial charge in [-0.15, -0.1) is 23.5 Å². The van der Waals surface area contributed by atoms with Gasteiger partial charge in [0.2, 0.25) is 0 Å². The summed E-state index contributed by atoms with van der Waals surface area (Å²) in [6, 6.07) is 11.5. The van der Waals surface area contributed by atoms with Crippen molar-refractivity contribution in [3.05, 3.63) is 52.6 Å². The summed E-state index contributed by atoms with van der Waals surface area (Å²) < 4.78 is 5.81. The zero-order valence-corrected chi connectivity index (χ0v) is 28.5. The fourth-order valence-corrected chi connectivity index (χ4v) is 7.15. The standard InChI is InChI=1S/C34H52O3S2/c1-30(2,3)20-22-15-23(31(4,5)6)17-24(16-22)38-34(13,14)39-25-18-26(32(7,8)9)29(37-21-28(35)36)27(19-25)33(10,11)12/h15-19H,20-21H2,1-14H3,(H,35,36). The summed E-state index contributed by atoms with van der Waals surface area (Å²) in [4.78, 5) is 13.8. The molecule has 2 aromatic carbocycles. The van der Waals surface area contributed by atoms with E-state index in [9.17, 15) is 9.90 Å². The van der Waals surface area contributed by atoms with Crippen molar-refractivity contribution in [2.24, 2.45) is 5.41 Å². The Labute approximate surface area is 247 Å². The van der Waals surface area contributed by atoms with E-state index < -0.39 is 5.97 Å². The van der Waals surface area contributed by atoms with E-state index in [2.05, 4.69) is 127 Å². The Kier molecular flexibility index (Phi) is 10.1. The molecule has 1 N–H and O–H groups in total. The molecule has 0 spiro atoms. The molecule has 39 heavy (non-hydrogen) atoms. The van der Waals surface area contributed by atoms with Gasteiger partial charge in [-0.2, -0.15) is 0 Å². The average molecular weight is 573 g/mol. The number of carboxylic acid groups (broad SMARTS) is 1. The predicted octanol–water partition coefficient (Wildman–Crippen LogP) is 10.3. The fourth-order valence-electron chi connectivity index (χ4n) is 4.52. The van der Waals surface area contributed by atoms with Gasteiger partial charge in [-0.1, -0.05) is 89.2 Å². The van der Waals surface area contributed by atoms with Crippen molar-refractivity contribution in [3.63, 3.8) is 0 Å². The van der Waals surface area contributed by atoms with E-state index in [0.29, 0.717) is 5.75 Å². The molecule has 0 aliphatic heterocycles. The molecule has 3 nitrogen and oxygen atoms in total. The number of hydrogen-bond donors (Lipinski definition) is 1. The van der Waals surface area contributed by atoms with E-state index in [1.54, 1.807) is 0 Å². The molecule has 0 heterocycles. The molecule has 218 valence electrons. The van der Waals surface area contributed by atoms with Crippen molar-refractivity contribution in [1.82, 2.24) is 0 Å². The summed E-state index contributed by atoms with van der Waals surface area (Å²) in [5.74, 6) is -0.258. The molecule has 2 aromatic rings. The number of benzene rings is 2. The number of thioether (sulfide) groups is 2. The van der Waals surface area contributed by atoms with Crippen LogP contribution in [0.25, 0.3) is 0 Å². The molecule has 0 saturated heterocycles. The molecule has 0 fully saturated rings. The first-order valence-corrected chi connectivity index (χ1v) is 15.6. The second kappa shape index (κ2) is 11.7. The van der Waals surface area contributed by atoms with Crippen molar-refractivity contribution in [1.29, 1.82) is 0 Å². The molecule has 0 bridgehead atoms. The van der Waals surface area contributed by atoms with Crippen molar-refractivity contribution in [3.8, 4) is 5.75 Å². The molecular formula is C34H52O3S2. The van der Waals surface area contributed by atoms with E-state index in [1.165, 1.54) is 20.9 Å². The molecule has 0 amide bonds. The van der Waals surface area contributed by atoms with Crippen LogP contribution in [0.3, 0.4) is 0 Å². The topological polar surface area (TPSA) is 46.5 Å². The minimum absolute atomic E-state index is 0.0789. The maximum absolute atomic E-state index is 11.4. The van der Waals surface area contributed by atoms with E-state index in [0.717, 1.165) is 17.5 Å². The van der Waals surface area contributed by atoms with Gasteiger partial charge in [0.05, 0.1) is 4.08 Å². The van der Waals surface area contributed by atoms with Gasteiger partial charge >= 0.3 is 5.97 Å². The van der Waals surface area contributed by atoms with Gasteiger partial charge in [0.15, 0.2) is 6.61 Å². The molecule has 0 atom stereocenters. The molecule has 0 aliphatic rings. The highest BCUT2D eigenvalue weighted by Gasteiger charge is 2.31. The molecule has 0 unspecified atom stereocenters. The van der Waals surface area contributed by atoms with Gasteiger partial charge in [0, 0.05) is 20.9 Å². The number of carbonyl (C=O) groups is 1. The molecule has 0 aliphatic carbocycles. The van der Waals surface area contributed by atoms with Crippen LogP contribution >= 0.6 is 23.5 Å². The second-order valence-corrected chi connectivity index (χ2v) is 19.1. The zero-order chi connectivity index (χ0) is 30.2. The number of rotatable bonds is 8. The van der Waals surface area contributed by atoms with E-state index >= 15 is 0 Å². The lowest BCUT2D eigenvalue weighted by Crippen LogP contribution is -2.22. The van der Waals surface area contributed by atoms with Gasteiger partial charge in [0.25, 0.3) is 0 Å². The molecule has 0 radical (unpaired) electrons. The van der Waals surface area contributed by atoms with Crippen LogP contribution in [-0.4, -0.2) is 21.8 Å². The van der Waals surface area contributed by atoms with Crippen LogP contribution < -0.4 is 4.74 Å². The van der Waals surface area contributed by atoms with Crippen LogP contribution in [0.15, 0.2) is 40.1 Å². The van der Waals surface area contributed by atoms with E-state index in [-0.39, 0.29) is 32.3 Å². The summed E-state index contributed by atoms with van der Waals surface area (Å²) in [6.07, 6.45) is 1.04. The van der Waals surface area contributed by atoms with Crippen molar-refractivity contribution < 1.29 is 14.6 Å². The first-order valence-electron chi connectivity index (χ1n) is 13.9. The number of aliphatic carboxylic acids is 1. The Morgan fingerprint density at radius 3 is 1.54 bits per heavy atom. The van der Waals surface area contributed by atoms with Crippen LogP contribution in [0.1, 0.15) is 119 Å². The third-order valence-electron chi connectivity index (χ3n) is 6.31. The van der Waals surface area contributed by atoms with Crippen LogP contribution in [0.2, 0.25) is 0 Å². The van der Waals surface area contributed by atoms with Gasteiger partial charge < -0.3 is 9.84 Å². The zero-order valence-electron chi connectivity index (χ0n) is 26.9. The third kappa shape index (κ3) is 10.4. The van der Waals surface area contributed by atoms with E-state index in [1.807, 2.05) is 23.5 Å². The first-order chi connectivity index (χ1) is 17.4. The van der Waals surface area contributed by atoms with Crippen molar-refractivity contribution in [2.75, 3.05) is 6.61 Å². The molecule has 5 heteroatoms. The summed E-state index contributed by atoms with van der Waals surface area (Å²) >= 11 is 3.77. The minimum Gasteiger partial charge on any atom is -0.481 e. The Morgan fingerprint density at radius 1 is 0.692 bits per heavy atom. The quantitative estimate of drug-likeness (QED) is 0.252. The van der Waals surface area contributed by atoms with Crippen LogP contribution in [-0.2, 0) is 27.5 Å². The number of hydrogen-bond acceptors (Lipinski definition) is 4. The lowest BCUT2D eigenvalue weighted by molar-refractivity contribution is -0.139. The normalized spacial score (nSPS) is 13.5. The van der Waals surface area contributed by atoms with Gasteiger partial charge in [-0.3, -0.25) is 0 Å². The maximum atomic E-state index is 11.4. The van der Waals surface area contributed by atoms with Crippen LogP contribution in [0, 0.1) is 5.41 Å². The smallest absolute Gasteiger partial charge is 0.341 e. The van der Waals surface area contributed by atoms with Crippen molar-refractivity contribution >= 4 is 29.5 Å². The van der Waals surface area contributed by atoms with Gasteiger partial charge in [-0.05, 0) is 77.3 Å². The summed E-state index contributed by atoms with van der Waals surface area (Å²) in [7, 11) is 0. The first kappa shape index (κ1) is 33.6. The molecule has 0 aromatic heterocycles.